The highest BCUT2D eigenvalue weighted by atomic mass is 32.2. The van der Waals surface area contributed by atoms with Gasteiger partial charge in [-0.1, -0.05) is 25.5 Å². The van der Waals surface area contributed by atoms with E-state index in [9.17, 15) is 5.11 Å². The first-order valence-electron chi connectivity index (χ1n) is 10.4. The van der Waals surface area contributed by atoms with Crippen LogP contribution in [0.25, 0.3) is 0 Å². The molecule has 1 N–H and O–H groups in total. The molecule has 0 unspecified atom stereocenters. The third-order valence-electron chi connectivity index (χ3n) is 9.41. The Balaban J connectivity index is 1.47. The van der Waals surface area contributed by atoms with E-state index < -0.39 is 0 Å². The van der Waals surface area contributed by atoms with Crippen LogP contribution in [0.4, 0.5) is 0 Å². The minimum atomic E-state index is -0.0718. The van der Waals surface area contributed by atoms with Gasteiger partial charge in [-0.2, -0.15) is 11.8 Å². The molecule has 3 saturated carbocycles. The topological polar surface area (TPSA) is 20.2 Å². The molecule has 0 aromatic carbocycles. The smallest absolute Gasteiger partial charge is 0.0577 e. The van der Waals surface area contributed by atoms with Crippen LogP contribution in [-0.2, 0) is 0 Å². The van der Waals surface area contributed by atoms with Crippen LogP contribution in [-0.4, -0.2) is 21.7 Å². The maximum absolute atomic E-state index is 10.1. The van der Waals surface area contributed by atoms with E-state index in [1.165, 1.54) is 44.3 Å². The Morgan fingerprint density at radius 2 is 1.83 bits per heavy atom. The largest absolute Gasteiger partial charge is 0.393 e. The van der Waals surface area contributed by atoms with Crippen LogP contribution in [0.5, 0.6) is 0 Å². The van der Waals surface area contributed by atoms with Crippen molar-refractivity contribution in [2.75, 3.05) is 5.75 Å². The molecular weight excluding hydrogens is 312 g/mol. The summed E-state index contributed by atoms with van der Waals surface area (Å²) in [5.41, 5.74) is 2.63. The van der Waals surface area contributed by atoms with E-state index >= 15 is 0 Å². The summed E-state index contributed by atoms with van der Waals surface area (Å²) < 4.78 is 0.616. The number of fused-ring (bicyclic) bond motifs is 5. The van der Waals surface area contributed by atoms with Crippen LogP contribution in [0.1, 0.15) is 72.1 Å². The van der Waals surface area contributed by atoms with Crippen molar-refractivity contribution in [2.24, 2.45) is 34.5 Å². The van der Waals surface area contributed by atoms with Gasteiger partial charge in [0, 0.05) is 10.5 Å². The fourth-order valence-electron chi connectivity index (χ4n) is 7.96. The van der Waals surface area contributed by atoms with E-state index in [2.05, 4.69) is 38.6 Å². The van der Waals surface area contributed by atoms with E-state index in [0.29, 0.717) is 15.6 Å². The molecule has 0 amide bonds. The lowest BCUT2D eigenvalue weighted by Crippen LogP contribution is -2.51. The molecule has 0 bridgehead atoms. The molecular formula is C22H34OS. The van der Waals surface area contributed by atoms with Gasteiger partial charge in [-0.3, -0.25) is 0 Å². The summed E-state index contributed by atoms with van der Waals surface area (Å²) in [5, 5.41) is 10.1. The van der Waals surface area contributed by atoms with Crippen LogP contribution >= 0.6 is 11.8 Å². The molecule has 0 aromatic rings. The second kappa shape index (κ2) is 5.06. The van der Waals surface area contributed by atoms with Crippen molar-refractivity contribution in [3.63, 3.8) is 0 Å². The predicted molar refractivity (Wildman–Crippen MR) is 102 cm³/mol. The van der Waals surface area contributed by atoms with Gasteiger partial charge in [-0.05, 0) is 92.8 Å². The fraction of sp³-hybridized carbons (Fsp3) is 0.909. The Hall–Kier alpha value is 0.0500. The highest BCUT2D eigenvalue weighted by Crippen LogP contribution is 2.71. The first-order valence-corrected chi connectivity index (χ1v) is 11.4. The van der Waals surface area contributed by atoms with Gasteiger partial charge in [0.25, 0.3) is 0 Å². The SMILES string of the molecule is C[C@]12CC[C@H]3[C@@H](CC=C4C[C@@H](O)CC[C@@]43C)[C@H]1CC[C@H]2[C@@]1(C)CS1. The minimum Gasteiger partial charge on any atom is -0.393 e. The summed E-state index contributed by atoms with van der Waals surface area (Å²) in [4.78, 5) is 0. The Labute approximate surface area is 152 Å². The normalized spacial score (nSPS) is 59.2. The zero-order valence-electron chi connectivity index (χ0n) is 15.7. The molecule has 1 heterocycles. The van der Waals surface area contributed by atoms with Crippen molar-refractivity contribution in [3.8, 4) is 0 Å². The van der Waals surface area contributed by atoms with E-state index in [0.717, 1.165) is 36.5 Å². The number of aliphatic hydroxyl groups excluding tert-OH is 1. The van der Waals surface area contributed by atoms with Crippen molar-refractivity contribution in [1.82, 2.24) is 0 Å². The van der Waals surface area contributed by atoms with Crippen LogP contribution in [0.15, 0.2) is 11.6 Å². The Morgan fingerprint density at radius 3 is 2.58 bits per heavy atom. The molecule has 134 valence electrons. The number of hydrogen-bond donors (Lipinski definition) is 1. The maximum atomic E-state index is 10.1. The van der Waals surface area contributed by atoms with Gasteiger partial charge in [-0.15, -0.1) is 0 Å². The lowest BCUT2D eigenvalue weighted by atomic mass is 9.47. The first-order chi connectivity index (χ1) is 11.4. The second-order valence-corrected chi connectivity index (χ2v) is 11.9. The highest BCUT2D eigenvalue weighted by molar-refractivity contribution is 8.07. The summed E-state index contributed by atoms with van der Waals surface area (Å²) in [7, 11) is 0. The molecule has 2 heteroatoms. The average molecular weight is 347 g/mol. The molecule has 0 aromatic heterocycles. The predicted octanol–water partition coefficient (Wildman–Crippen LogP) is 5.43. The summed E-state index contributed by atoms with van der Waals surface area (Å²) in [6.07, 6.45) is 12.9. The lowest BCUT2D eigenvalue weighted by molar-refractivity contribution is -0.0518. The number of aliphatic hydroxyl groups is 1. The van der Waals surface area contributed by atoms with Crippen molar-refractivity contribution >= 4 is 11.8 Å². The van der Waals surface area contributed by atoms with E-state index in [1.54, 1.807) is 5.57 Å². The molecule has 0 spiro atoms. The summed E-state index contributed by atoms with van der Waals surface area (Å²) >= 11 is 2.23. The average Bonchev–Trinajstić information content (AvgIpc) is 3.17. The van der Waals surface area contributed by atoms with Gasteiger partial charge in [0.2, 0.25) is 0 Å². The Kier molecular flexibility index (Phi) is 3.43. The van der Waals surface area contributed by atoms with Gasteiger partial charge >= 0.3 is 0 Å². The monoisotopic (exact) mass is 346 g/mol. The van der Waals surface area contributed by atoms with Crippen LogP contribution in [0, 0.1) is 34.5 Å². The molecule has 1 aliphatic heterocycles. The summed E-state index contributed by atoms with van der Waals surface area (Å²) in [6, 6.07) is 0. The molecule has 1 nitrogen and oxygen atoms in total. The van der Waals surface area contributed by atoms with Crippen molar-refractivity contribution in [3.05, 3.63) is 11.6 Å². The van der Waals surface area contributed by atoms with E-state index in [4.69, 9.17) is 0 Å². The number of thioether (sulfide) groups is 1. The van der Waals surface area contributed by atoms with Gasteiger partial charge in [-0.25, -0.2) is 0 Å². The third kappa shape index (κ3) is 2.05. The summed E-state index contributed by atoms with van der Waals surface area (Å²) in [5.74, 6) is 5.15. The molecule has 8 atom stereocenters. The Bertz CT molecular complexity index is 579. The number of rotatable bonds is 1. The van der Waals surface area contributed by atoms with Crippen molar-refractivity contribution in [1.29, 1.82) is 0 Å². The number of hydrogen-bond acceptors (Lipinski definition) is 2. The van der Waals surface area contributed by atoms with Gasteiger partial charge in [0.1, 0.15) is 0 Å². The molecule has 1 saturated heterocycles. The zero-order chi connectivity index (χ0) is 16.7. The standard InChI is InChI=1S/C22H34OS/c1-20-10-8-15(23)12-14(20)4-5-16-17-6-7-19(22(3)13-24-22)21(17,2)11-9-18(16)20/h4,15-19,23H,5-13H2,1-3H3/t15-,16-,17+,18-,19+,20-,21-,22+/m0/s1. The quantitative estimate of drug-likeness (QED) is 0.504. The van der Waals surface area contributed by atoms with E-state index in [-0.39, 0.29) is 6.10 Å². The van der Waals surface area contributed by atoms with Gasteiger partial charge in [0.15, 0.2) is 0 Å². The van der Waals surface area contributed by atoms with Crippen LogP contribution < -0.4 is 0 Å². The third-order valence-corrected chi connectivity index (χ3v) is 10.9. The van der Waals surface area contributed by atoms with Crippen LogP contribution in [0.2, 0.25) is 0 Å². The van der Waals surface area contributed by atoms with Crippen molar-refractivity contribution < 1.29 is 5.11 Å². The maximum Gasteiger partial charge on any atom is 0.0577 e. The molecule has 5 aliphatic rings. The summed E-state index contributed by atoms with van der Waals surface area (Å²) in [6.45, 7) is 7.77. The minimum absolute atomic E-state index is 0.0718. The molecule has 4 aliphatic carbocycles. The second-order valence-electron chi connectivity index (χ2n) is 10.4. The van der Waals surface area contributed by atoms with Gasteiger partial charge in [0.05, 0.1) is 6.10 Å². The first kappa shape index (κ1) is 16.2. The van der Waals surface area contributed by atoms with Crippen molar-refractivity contribution in [2.45, 2.75) is 83.0 Å². The highest BCUT2D eigenvalue weighted by Gasteiger charge is 2.63. The number of allylic oxidation sites excluding steroid dienone is 1. The molecule has 4 fully saturated rings. The zero-order valence-corrected chi connectivity index (χ0v) is 16.5. The molecule has 0 radical (unpaired) electrons. The van der Waals surface area contributed by atoms with Crippen LogP contribution in [0.3, 0.4) is 0 Å². The Morgan fingerprint density at radius 1 is 1.04 bits per heavy atom. The molecule has 5 rings (SSSR count). The fourth-order valence-corrected chi connectivity index (χ4v) is 8.98. The lowest BCUT2D eigenvalue weighted by Gasteiger charge is -2.58. The van der Waals surface area contributed by atoms with E-state index in [1.807, 2.05) is 0 Å². The molecule has 24 heavy (non-hydrogen) atoms. The van der Waals surface area contributed by atoms with Gasteiger partial charge < -0.3 is 5.11 Å².